The Morgan fingerprint density at radius 2 is 2.00 bits per heavy atom. The van der Waals surface area contributed by atoms with Crippen LogP contribution in [0.3, 0.4) is 0 Å². The van der Waals surface area contributed by atoms with Crippen molar-refractivity contribution in [1.82, 2.24) is 9.97 Å². The molecule has 0 radical (unpaired) electrons. The van der Waals surface area contributed by atoms with Gasteiger partial charge in [-0.1, -0.05) is 37.1 Å². The van der Waals surface area contributed by atoms with Crippen LogP contribution >= 0.6 is 11.6 Å². The van der Waals surface area contributed by atoms with Crippen LogP contribution < -0.4 is 10.1 Å². The zero-order valence-electron chi connectivity index (χ0n) is 14.4. The smallest absolute Gasteiger partial charge is 0.179 e. The number of halogens is 1. The van der Waals surface area contributed by atoms with Crippen LogP contribution in [-0.2, 0) is 6.42 Å². The lowest BCUT2D eigenvalue weighted by Gasteiger charge is -2.13. The van der Waals surface area contributed by atoms with Gasteiger partial charge < -0.3 is 10.1 Å². The Bertz CT molecular complexity index is 712. The van der Waals surface area contributed by atoms with Gasteiger partial charge in [0.2, 0.25) is 0 Å². The molecule has 132 valence electrons. The summed E-state index contributed by atoms with van der Waals surface area (Å²) in [5.41, 5.74) is 1.26. The topological polar surface area (TPSA) is 59.4 Å². The third-order valence-corrected chi connectivity index (χ3v) is 4.19. The number of hydrogen-bond donors (Lipinski definition) is 1. The van der Waals surface area contributed by atoms with E-state index in [1.54, 1.807) is 6.20 Å². The zero-order valence-corrected chi connectivity index (χ0v) is 15.2. The first-order valence-corrected chi connectivity index (χ1v) is 9.15. The minimum absolute atomic E-state index is 0.0469. The van der Waals surface area contributed by atoms with Crippen molar-refractivity contribution < 1.29 is 4.74 Å². The van der Waals surface area contributed by atoms with Gasteiger partial charge in [-0.3, -0.25) is 4.99 Å². The van der Waals surface area contributed by atoms with Gasteiger partial charge in [0.15, 0.2) is 17.4 Å². The van der Waals surface area contributed by atoms with Crippen LogP contribution in [0, 0.1) is 0 Å². The largest absolute Gasteiger partial charge is 0.488 e. The Balaban J connectivity index is 1.53. The number of hydrogen-bond acceptors (Lipinski definition) is 5. The van der Waals surface area contributed by atoms with Gasteiger partial charge in [-0.25, -0.2) is 9.97 Å². The van der Waals surface area contributed by atoms with Gasteiger partial charge in [0.25, 0.3) is 0 Å². The minimum Gasteiger partial charge on any atom is -0.488 e. The highest BCUT2D eigenvalue weighted by molar-refractivity contribution is 6.30. The number of aryl methyl sites for hydroxylation is 1. The SMILES string of the molecule is CCCCNc1nc(C2C=N2)ncc1OCCCc1ccc(Cl)cc1. The highest BCUT2D eigenvalue weighted by Gasteiger charge is 2.21. The number of unbranched alkanes of at least 4 members (excludes halogenated alkanes) is 1. The number of ether oxygens (including phenoxy) is 1. The van der Waals surface area contributed by atoms with Crippen LogP contribution in [0.1, 0.15) is 43.6 Å². The molecule has 5 nitrogen and oxygen atoms in total. The third-order valence-electron chi connectivity index (χ3n) is 3.94. The number of rotatable bonds is 10. The van der Waals surface area contributed by atoms with E-state index in [1.165, 1.54) is 5.56 Å². The number of nitrogens with one attached hydrogen (secondary N) is 1. The fourth-order valence-corrected chi connectivity index (χ4v) is 2.55. The Morgan fingerprint density at radius 3 is 2.72 bits per heavy atom. The van der Waals surface area contributed by atoms with Crippen molar-refractivity contribution in [2.45, 2.75) is 38.6 Å². The van der Waals surface area contributed by atoms with Crippen molar-refractivity contribution in [2.75, 3.05) is 18.5 Å². The minimum atomic E-state index is 0.0469. The second-order valence-corrected chi connectivity index (χ2v) is 6.48. The molecule has 6 heteroatoms. The maximum atomic E-state index is 5.91. The molecule has 1 aromatic carbocycles. The van der Waals surface area contributed by atoms with E-state index >= 15 is 0 Å². The van der Waals surface area contributed by atoms with E-state index < -0.39 is 0 Å². The summed E-state index contributed by atoms with van der Waals surface area (Å²) in [6.45, 7) is 3.66. The molecule has 0 amide bonds. The van der Waals surface area contributed by atoms with Crippen LogP contribution in [0.25, 0.3) is 0 Å². The summed E-state index contributed by atoms with van der Waals surface area (Å²) in [7, 11) is 0. The van der Waals surface area contributed by atoms with Crippen molar-refractivity contribution in [3.05, 3.63) is 46.9 Å². The molecule has 1 aliphatic heterocycles. The molecule has 25 heavy (non-hydrogen) atoms. The Hall–Kier alpha value is -2.14. The van der Waals surface area contributed by atoms with E-state index in [4.69, 9.17) is 16.3 Å². The first-order chi connectivity index (χ1) is 12.3. The number of aromatic nitrogens is 2. The van der Waals surface area contributed by atoms with Crippen LogP contribution in [-0.4, -0.2) is 29.3 Å². The van der Waals surface area contributed by atoms with Gasteiger partial charge in [0.05, 0.1) is 12.8 Å². The summed E-state index contributed by atoms with van der Waals surface area (Å²) >= 11 is 5.91. The lowest BCUT2D eigenvalue weighted by atomic mass is 10.1. The van der Waals surface area contributed by atoms with Crippen molar-refractivity contribution in [2.24, 2.45) is 4.99 Å². The third kappa shape index (κ3) is 5.43. The Labute approximate surface area is 153 Å². The molecule has 1 aliphatic rings. The molecule has 2 heterocycles. The average Bonchev–Trinajstić information content (AvgIpc) is 3.46. The first-order valence-electron chi connectivity index (χ1n) is 8.77. The average molecular weight is 359 g/mol. The summed E-state index contributed by atoms with van der Waals surface area (Å²) in [6.07, 6.45) is 7.69. The van der Waals surface area contributed by atoms with Crippen molar-refractivity contribution in [3.8, 4) is 5.75 Å². The predicted octanol–water partition coefficient (Wildman–Crippen LogP) is 4.48. The van der Waals surface area contributed by atoms with Gasteiger partial charge in [0.1, 0.15) is 6.04 Å². The maximum Gasteiger partial charge on any atom is 0.179 e. The summed E-state index contributed by atoms with van der Waals surface area (Å²) in [6, 6.07) is 7.98. The van der Waals surface area contributed by atoms with Gasteiger partial charge in [0, 0.05) is 17.8 Å². The second-order valence-electron chi connectivity index (χ2n) is 6.04. The fraction of sp³-hybridized carbons (Fsp3) is 0.421. The van der Waals surface area contributed by atoms with Crippen LogP contribution in [0.2, 0.25) is 5.02 Å². The highest BCUT2D eigenvalue weighted by Crippen LogP contribution is 2.27. The van der Waals surface area contributed by atoms with E-state index in [2.05, 4.69) is 27.2 Å². The molecule has 1 aromatic heterocycles. The summed E-state index contributed by atoms with van der Waals surface area (Å²) < 4.78 is 5.91. The molecule has 0 aliphatic carbocycles. The standard InChI is InChI=1S/C19H23ClN4O/c1-2-3-10-21-19-17(13-23-18(24-19)16-12-22-16)25-11-4-5-14-6-8-15(20)9-7-14/h6-9,12-13,16H,2-5,10-11H2,1H3,(H,21,23,24). The first kappa shape index (κ1) is 17.7. The summed E-state index contributed by atoms with van der Waals surface area (Å²) in [5, 5.41) is 4.12. The molecule has 0 bridgehead atoms. The van der Waals surface area contributed by atoms with E-state index in [0.29, 0.717) is 12.4 Å². The van der Waals surface area contributed by atoms with Crippen LogP contribution in [0.5, 0.6) is 5.75 Å². The van der Waals surface area contributed by atoms with Gasteiger partial charge >= 0.3 is 0 Å². The van der Waals surface area contributed by atoms with E-state index in [0.717, 1.165) is 48.9 Å². The molecular weight excluding hydrogens is 336 g/mol. The van der Waals surface area contributed by atoms with Crippen LogP contribution in [0.15, 0.2) is 35.5 Å². The number of aliphatic imine (C=N–C) groups is 1. The monoisotopic (exact) mass is 358 g/mol. The zero-order chi connectivity index (χ0) is 17.5. The molecule has 1 N–H and O–H groups in total. The molecule has 3 rings (SSSR count). The Morgan fingerprint density at radius 1 is 1.20 bits per heavy atom. The van der Waals surface area contributed by atoms with E-state index in [1.807, 2.05) is 30.5 Å². The number of nitrogens with zero attached hydrogens (tertiary/aromatic N) is 3. The lowest BCUT2D eigenvalue weighted by molar-refractivity contribution is 0.309. The fourth-order valence-electron chi connectivity index (χ4n) is 2.43. The molecule has 1 atom stereocenters. The van der Waals surface area contributed by atoms with Crippen molar-refractivity contribution in [1.29, 1.82) is 0 Å². The van der Waals surface area contributed by atoms with E-state index in [-0.39, 0.29) is 6.04 Å². The predicted molar refractivity (Wildman–Crippen MR) is 102 cm³/mol. The number of benzene rings is 1. The Kier molecular flexibility index (Phi) is 6.23. The molecule has 2 aromatic rings. The normalized spacial score (nSPS) is 15.2. The molecular formula is C19H23ClN4O. The summed E-state index contributed by atoms with van der Waals surface area (Å²) in [4.78, 5) is 13.1. The van der Waals surface area contributed by atoms with Crippen molar-refractivity contribution in [3.63, 3.8) is 0 Å². The maximum absolute atomic E-state index is 5.91. The lowest BCUT2D eigenvalue weighted by Crippen LogP contribution is -2.09. The second kappa shape index (κ2) is 8.81. The molecule has 0 saturated heterocycles. The van der Waals surface area contributed by atoms with Crippen molar-refractivity contribution >= 4 is 23.6 Å². The molecule has 1 unspecified atom stereocenters. The van der Waals surface area contributed by atoms with Crippen LogP contribution in [0.4, 0.5) is 5.82 Å². The highest BCUT2D eigenvalue weighted by atomic mass is 35.5. The molecule has 0 spiro atoms. The molecule has 0 fully saturated rings. The number of anilines is 1. The summed E-state index contributed by atoms with van der Waals surface area (Å²) in [5.74, 6) is 2.20. The quantitative estimate of drug-likeness (QED) is 0.636. The molecule has 0 saturated carbocycles. The van der Waals surface area contributed by atoms with Gasteiger partial charge in [-0.15, -0.1) is 0 Å². The van der Waals surface area contributed by atoms with Gasteiger partial charge in [-0.2, -0.15) is 0 Å². The van der Waals surface area contributed by atoms with E-state index in [9.17, 15) is 0 Å². The van der Waals surface area contributed by atoms with Gasteiger partial charge in [-0.05, 0) is 37.0 Å².